The predicted molar refractivity (Wildman–Crippen MR) is 66.5 cm³/mol. The number of imide groups is 1. The number of rotatable bonds is 1. The van der Waals surface area contributed by atoms with Gasteiger partial charge in [-0.3, -0.25) is 14.9 Å². The minimum atomic E-state index is -0.801. The number of hydrogen-bond acceptors (Lipinski definition) is 4. The summed E-state index contributed by atoms with van der Waals surface area (Å²) in [5, 5.41) is 2.33. The summed E-state index contributed by atoms with van der Waals surface area (Å²) in [6.45, 7) is 3.64. The highest BCUT2D eigenvalue weighted by Crippen LogP contribution is 2.30. The molecule has 0 atom stereocenters. The molecule has 2 rings (SSSR count). The van der Waals surface area contributed by atoms with Gasteiger partial charge >= 0.3 is 0 Å². The number of anilines is 1. The van der Waals surface area contributed by atoms with Crippen LogP contribution in [-0.2, 0) is 9.59 Å². The number of carbonyl (C=O) groups excluding carboxylic acids is 2. The zero-order valence-electron chi connectivity index (χ0n) is 9.53. The maximum absolute atomic E-state index is 11.8. The molecule has 0 radical (unpaired) electrons. The molecule has 0 spiro atoms. The van der Waals surface area contributed by atoms with Gasteiger partial charge in [0, 0.05) is 6.20 Å². The van der Waals surface area contributed by atoms with Gasteiger partial charge in [-0.15, -0.1) is 0 Å². The fourth-order valence-electron chi connectivity index (χ4n) is 1.70. The highest BCUT2D eigenvalue weighted by atomic mass is 79.9. The largest absolute Gasteiger partial charge is 0.332 e. The number of carbonyl (C=O) groups is 2. The molecule has 1 fully saturated rings. The molecular weight excluding hydrogens is 286 g/mol. The lowest BCUT2D eigenvalue weighted by Gasteiger charge is -2.41. The zero-order chi connectivity index (χ0) is 12.6. The van der Waals surface area contributed by atoms with E-state index in [9.17, 15) is 9.59 Å². The van der Waals surface area contributed by atoms with E-state index in [4.69, 9.17) is 0 Å². The second-order valence-electron chi connectivity index (χ2n) is 4.33. The summed E-state index contributed by atoms with van der Waals surface area (Å²) in [5.41, 5.74) is -0.801. The zero-order valence-corrected chi connectivity index (χ0v) is 11.1. The number of pyridine rings is 1. The summed E-state index contributed by atoms with van der Waals surface area (Å²) < 4.78 is 0.760. The van der Waals surface area contributed by atoms with Crippen LogP contribution in [0.5, 0.6) is 0 Å². The van der Waals surface area contributed by atoms with Gasteiger partial charge in [0.1, 0.15) is 11.4 Å². The van der Waals surface area contributed by atoms with Crippen LogP contribution in [0.1, 0.15) is 13.8 Å². The average Bonchev–Trinajstić information content (AvgIpc) is 2.25. The van der Waals surface area contributed by atoms with Crippen molar-refractivity contribution in [3.05, 3.63) is 22.8 Å². The van der Waals surface area contributed by atoms with Crippen molar-refractivity contribution in [3.63, 3.8) is 0 Å². The van der Waals surface area contributed by atoms with E-state index in [2.05, 4.69) is 26.2 Å². The summed E-state index contributed by atoms with van der Waals surface area (Å²) in [7, 11) is 0. The summed E-state index contributed by atoms with van der Waals surface area (Å²) >= 11 is 3.38. The molecule has 6 heteroatoms. The Balaban J connectivity index is 2.46. The van der Waals surface area contributed by atoms with Crippen LogP contribution in [0.3, 0.4) is 0 Å². The molecule has 0 aliphatic carbocycles. The third kappa shape index (κ3) is 2.04. The van der Waals surface area contributed by atoms with Crippen LogP contribution in [0, 0.1) is 0 Å². The monoisotopic (exact) mass is 297 g/mol. The standard InChI is InChI=1S/C11H12BrN3O2/c1-11(2)10(17)14-8(16)6-15(11)9-7(12)4-3-5-13-9/h3-5H,6H2,1-2H3,(H,14,16,17). The molecule has 1 aliphatic heterocycles. The van der Waals surface area contributed by atoms with Gasteiger partial charge < -0.3 is 4.90 Å². The molecule has 1 saturated heterocycles. The number of nitrogens with one attached hydrogen (secondary N) is 1. The first-order valence-electron chi connectivity index (χ1n) is 5.15. The van der Waals surface area contributed by atoms with Crippen molar-refractivity contribution in [2.75, 3.05) is 11.4 Å². The van der Waals surface area contributed by atoms with Crippen molar-refractivity contribution < 1.29 is 9.59 Å². The van der Waals surface area contributed by atoms with Gasteiger partial charge in [-0.1, -0.05) is 0 Å². The van der Waals surface area contributed by atoms with Gasteiger partial charge in [-0.05, 0) is 41.9 Å². The smallest absolute Gasteiger partial charge is 0.251 e. The van der Waals surface area contributed by atoms with Crippen LogP contribution in [-0.4, -0.2) is 28.9 Å². The number of piperazine rings is 1. The summed E-state index contributed by atoms with van der Waals surface area (Å²) in [6, 6.07) is 3.61. The van der Waals surface area contributed by atoms with Gasteiger partial charge in [0.2, 0.25) is 5.91 Å². The van der Waals surface area contributed by atoms with E-state index in [1.165, 1.54) is 0 Å². The highest BCUT2D eigenvalue weighted by molar-refractivity contribution is 9.10. The van der Waals surface area contributed by atoms with Gasteiger partial charge in [-0.25, -0.2) is 4.98 Å². The molecule has 2 amide bonds. The van der Waals surface area contributed by atoms with Crippen LogP contribution in [0.2, 0.25) is 0 Å². The summed E-state index contributed by atoms with van der Waals surface area (Å²) in [5.74, 6) is -0.0288. The predicted octanol–water partition coefficient (Wildman–Crippen LogP) is 1.09. The molecule has 0 unspecified atom stereocenters. The molecule has 17 heavy (non-hydrogen) atoms. The first-order valence-corrected chi connectivity index (χ1v) is 5.94. The quantitative estimate of drug-likeness (QED) is 0.788. The maximum atomic E-state index is 11.8. The Morgan fingerprint density at radius 2 is 2.18 bits per heavy atom. The fraction of sp³-hybridized carbons (Fsp3) is 0.364. The first-order chi connectivity index (χ1) is 7.93. The second kappa shape index (κ2) is 4.10. The fourth-order valence-corrected chi connectivity index (χ4v) is 2.17. The molecule has 0 saturated carbocycles. The average molecular weight is 298 g/mol. The Morgan fingerprint density at radius 1 is 1.47 bits per heavy atom. The van der Waals surface area contributed by atoms with Crippen molar-refractivity contribution in [3.8, 4) is 0 Å². The molecule has 1 aromatic rings. The second-order valence-corrected chi connectivity index (χ2v) is 5.19. The van der Waals surface area contributed by atoms with Crippen molar-refractivity contribution >= 4 is 33.6 Å². The molecule has 5 nitrogen and oxygen atoms in total. The van der Waals surface area contributed by atoms with Crippen LogP contribution in [0.15, 0.2) is 22.8 Å². The lowest BCUT2D eigenvalue weighted by molar-refractivity contribution is -0.135. The Hall–Kier alpha value is -1.43. The van der Waals surface area contributed by atoms with Crippen LogP contribution in [0.4, 0.5) is 5.82 Å². The normalized spacial score (nSPS) is 19.1. The number of aromatic nitrogens is 1. The van der Waals surface area contributed by atoms with Crippen LogP contribution >= 0.6 is 15.9 Å². The molecule has 1 aromatic heterocycles. The van der Waals surface area contributed by atoms with E-state index in [1.54, 1.807) is 31.0 Å². The van der Waals surface area contributed by atoms with Crippen molar-refractivity contribution in [2.24, 2.45) is 0 Å². The topological polar surface area (TPSA) is 62.3 Å². The van der Waals surface area contributed by atoms with Gasteiger partial charge in [0.05, 0.1) is 11.0 Å². The first kappa shape index (κ1) is 12.0. The Morgan fingerprint density at radius 3 is 2.82 bits per heavy atom. The Kier molecular flexibility index (Phi) is 2.91. The minimum absolute atomic E-state index is 0.119. The van der Waals surface area contributed by atoms with Crippen LogP contribution in [0.25, 0.3) is 0 Å². The lowest BCUT2D eigenvalue weighted by Crippen LogP contribution is -2.64. The molecule has 0 bridgehead atoms. The minimum Gasteiger partial charge on any atom is -0.332 e. The summed E-state index contributed by atoms with van der Waals surface area (Å²) in [6.07, 6.45) is 1.63. The number of halogens is 1. The lowest BCUT2D eigenvalue weighted by atomic mass is 9.99. The van der Waals surface area contributed by atoms with E-state index in [-0.39, 0.29) is 18.4 Å². The SMILES string of the molecule is CC1(C)C(=O)NC(=O)CN1c1ncccc1Br. The number of nitrogens with zero attached hydrogens (tertiary/aromatic N) is 2. The maximum Gasteiger partial charge on any atom is 0.251 e. The Labute approximate surface area is 107 Å². The van der Waals surface area contributed by atoms with Crippen LogP contribution < -0.4 is 10.2 Å². The molecule has 90 valence electrons. The Bertz CT molecular complexity index is 487. The number of hydrogen-bond donors (Lipinski definition) is 1. The van der Waals surface area contributed by atoms with E-state index in [1.807, 2.05) is 6.07 Å². The molecular formula is C11H12BrN3O2. The van der Waals surface area contributed by atoms with Gasteiger partial charge in [0.25, 0.3) is 5.91 Å². The van der Waals surface area contributed by atoms with E-state index in [0.717, 1.165) is 4.47 Å². The number of amides is 2. The highest BCUT2D eigenvalue weighted by Gasteiger charge is 2.42. The van der Waals surface area contributed by atoms with Crippen molar-refractivity contribution in [2.45, 2.75) is 19.4 Å². The molecule has 0 aromatic carbocycles. The molecule has 2 heterocycles. The van der Waals surface area contributed by atoms with Crippen molar-refractivity contribution in [1.29, 1.82) is 0 Å². The molecule has 1 N–H and O–H groups in total. The summed E-state index contributed by atoms with van der Waals surface area (Å²) in [4.78, 5) is 29.2. The third-order valence-corrected chi connectivity index (χ3v) is 3.40. The van der Waals surface area contributed by atoms with E-state index >= 15 is 0 Å². The third-order valence-electron chi connectivity index (χ3n) is 2.78. The van der Waals surface area contributed by atoms with Crippen molar-refractivity contribution in [1.82, 2.24) is 10.3 Å². The van der Waals surface area contributed by atoms with Gasteiger partial charge in [0.15, 0.2) is 0 Å². The molecule has 1 aliphatic rings. The van der Waals surface area contributed by atoms with E-state index < -0.39 is 5.54 Å². The van der Waals surface area contributed by atoms with E-state index in [0.29, 0.717) is 5.82 Å². The van der Waals surface area contributed by atoms with Gasteiger partial charge in [-0.2, -0.15) is 0 Å².